The molecule has 2 aromatic rings. The van der Waals surface area contributed by atoms with E-state index in [2.05, 4.69) is 26.1 Å². The zero-order valence-corrected chi connectivity index (χ0v) is 12.3. The predicted octanol–water partition coefficient (Wildman–Crippen LogP) is 4.13. The van der Waals surface area contributed by atoms with Crippen molar-refractivity contribution in [3.63, 3.8) is 0 Å². The van der Waals surface area contributed by atoms with Gasteiger partial charge in [0.05, 0.1) is 12.5 Å². The van der Waals surface area contributed by atoms with E-state index >= 15 is 0 Å². The number of hydrogen-bond acceptors (Lipinski definition) is 2. The van der Waals surface area contributed by atoms with E-state index in [1.54, 1.807) is 12.5 Å². The Balaban J connectivity index is 2.12. The molecule has 1 aromatic heterocycles. The van der Waals surface area contributed by atoms with E-state index < -0.39 is 0 Å². The number of nitrogens with one attached hydrogen (secondary N) is 1. The molecule has 0 bridgehead atoms. The van der Waals surface area contributed by atoms with Crippen molar-refractivity contribution >= 4 is 0 Å². The summed E-state index contributed by atoms with van der Waals surface area (Å²) < 4.78 is 18.2. The monoisotopic (exact) mass is 275 g/mol. The van der Waals surface area contributed by atoms with Gasteiger partial charge in [-0.2, -0.15) is 0 Å². The van der Waals surface area contributed by atoms with Crippen molar-refractivity contribution in [1.29, 1.82) is 0 Å². The third-order valence-electron chi connectivity index (χ3n) is 3.28. The van der Waals surface area contributed by atoms with Gasteiger partial charge < -0.3 is 9.73 Å². The highest BCUT2D eigenvalue weighted by Crippen LogP contribution is 2.22. The van der Waals surface area contributed by atoms with E-state index in [-0.39, 0.29) is 11.4 Å². The van der Waals surface area contributed by atoms with Gasteiger partial charge in [0.25, 0.3) is 0 Å². The fourth-order valence-electron chi connectivity index (χ4n) is 2.17. The van der Waals surface area contributed by atoms with Crippen LogP contribution in [0, 0.1) is 5.82 Å². The second-order valence-electron chi connectivity index (χ2n) is 6.22. The van der Waals surface area contributed by atoms with Crippen LogP contribution >= 0.6 is 0 Å². The van der Waals surface area contributed by atoms with Crippen LogP contribution in [0.25, 0.3) is 0 Å². The van der Waals surface area contributed by atoms with Gasteiger partial charge in [0, 0.05) is 18.0 Å². The summed E-state index contributed by atoms with van der Waals surface area (Å²) in [6, 6.07) is 8.76. The van der Waals surface area contributed by atoms with Crippen molar-refractivity contribution in [3.05, 3.63) is 59.8 Å². The normalized spacial score (nSPS) is 13.4. The molecular formula is C17H22FNO. The van der Waals surface area contributed by atoms with Gasteiger partial charge in [-0.25, -0.2) is 4.39 Å². The molecule has 0 aliphatic carbocycles. The molecular weight excluding hydrogens is 253 g/mol. The molecule has 1 unspecified atom stereocenters. The topological polar surface area (TPSA) is 25.2 Å². The second kappa shape index (κ2) is 6.23. The first-order valence-corrected chi connectivity index (χ1v) is 6.95. The van der Waals surface area contributed by atoms with Crippen LogP contribution in [0.3, 0.4) is 0 Å². The molecule has 0 amide bonds. The average Bonchev–Trinajstić information content (AvgIpc) is 2.87. The first-order valence-electron chi connectivity index (χ1n) is 6.95. The lowest BCUT2D eigenvalue weighted by atomic mass is 9.92. The van der Waals surface area contributed by atoms with Crippen LogP contribution < -0.4 is 5.32 Å². The molecule has 0 saturated heterocycles. The zero-order valence-electron chi connectivity index (χ0n) is 12.3. The summed E-state index contributed by atoms with van der Waals surface area (Å²) in [5.41, 5.74) is 2.37. The fraction of sp³-hybridized carbons (Fsp3) is 0.412. The summed E-state index contributed by atoms with van der Waals surface area (Å²) in [5.74, 6) is 0.104. The molecule has 108 valence electrons. The van der Waals surface area contributed by atoms with Crippen LogP contribution in [0.1, 0.15) is 37.8 Å². The Morgan fingerprint density at radius 1 is 1.15 bits per heavy atom. The number of halogens is 1. The van der Waals surface area contributed by atoms with Gasteiger partial charge in [-0.05, 0) is 56.5 Å². The Morgan fingerprint density at radius 3 is 2.40 bits per heavy atom. The fourth-order valence-corrected chi connectivity index (χ4v) is 2.17. The molecule has 1 atom stereocenters. The number of rotatable bonds is 5. The Bertz CT molecular complexity index is 511. The molecule has 2 nitrogen and oxygen atoms in total. The minimum atomic E-state index is -0.195. The Morgan fingerprint density at radius 2 is 1.85 bits per heavy atom. The summed E-state index contributed by atoms with van der Waals surface area (Å²) in [7, 11) is 0. The minimum Gasteiger partial charge on any atom is -0.472 e. The Hall–Kier alpha value is -1.61. The highest BCUT2D eigenvalue weighted by molar-refractivity contribution is 5.23. The Labute approximate surface area is 120 Å². The van der Waals surface area contributed by atoms with Gasteiger partial charge in [-0.15, -0.1) is 0 Å². The maximum absolute atomic E-state index is 13.1. The van der Waals surface area contributed by atoms with Crippen LogP contribution in [-0.2, 0) is 6.42 Å². The first-order chi connectivity index (χ1) is 9.44. The third kappa shape index (κ3) is 4.49. The molecule has 2 rings (SSSR count). The van der Waals surface area contributed by atoms with Gasteiger partial charge in [0.1, 0.15) is 5.82 Å². The predicted molar refractivity (Wildman–Crippen MR) is 79.3 cm³/mol. The number of furan rings is 1. The molecule has 20 heavy (non-hydrogen) atoms. The van der Waals surface area contributed by atoms with Gasteiger partial charge in [0.15, 0.2) is 0 Å². The molecule has 1 aromatic carbocycles. The van der Waals surface area contributed by atoms with Crippen LogP contribution in [-0.4, -0.2) is 12.1 Å². The summed E-state index contributed by atoms with van der Waals surface area (Å²) in [6.07, 6.45) is 4.34. The lowest BCUT2D eigenvalue weighted by Crippen LogP contribution is -2.39. The number of hydrogen-bond donors (Lipinski definition) is 1. The first kappa shape index (κ1) is 14.8. The largest absolute Gasteiger partial charge is 0.472 e. The van der Waals surface area contributed by atoms with Crippen molar-refractivity contribution < 1.29 is 8.81 Å². The van der Waals surface area contributed by atoms with Crippen molar-refractivity contribution in [1.82, 2.24) is 5.32 Å². The molecule has 0 aliphatic rings. The summed E-state index contributed by atoms with van der Waals surface area (Å²) in [6.45, 7) is 7.28. The van der Waals surface area contributed by atoms with Crippen molar-refractivity contribution in [2.24, 2.45) is 0 Å². The smallest absolute Gasteiger partial charge is 0.123 e. The maximum Gasteiger partial charge on any atom is 0.123 e. The van der Waals surface area contributed by atoms with E-state index in [4.69, 9.17) is 4.42 Å². The molecule has 0 fully saturated rings. The van der Waals surface area contributed by atoms with Gasteiger partial charge >= 0.3 is 0 Å². The zero-order chi connectivity index (χ0) is 14.6. The minimum absolute atomic E-state index is 0.0642. The van der Waals surface area contributed by atoms with Crippen LogP contribution in [0.2, 0.25) is 0 Å². The second-order valence-corrected chi connectivity index (χ2v) is 6.22. The highest BCUT2D eigenvalue weighted by atomic mass is 19.1. The lowest BCUT2D eigenvalue weighted by Gasteiger charge is -2.25. The van der Waals surface area contributed by atoms with Gasteiger partial charge in [-0.3, -0.25) is 0 Å². The molecule has 0 saturated carbocycles. The van der Waals surface area contributed by atoms with E-state index in [1.807, 2.05) is 18.2 Å². The third-order valence-corrected chi connectivity index (χ3v) is 3.28. The Kier molecular flexibility index (Phi) is 4.61. The molecule has 0 spiro atoms. The summed E-state index contributed by atoms with van der Waals surface area (Å²) in [4.78, 5) is 0. The average molecular weight is 275 g/mol. The molecule has 1 heterocycles. The van der Waals surface area contributed by atoms with Crippen molar-refractivity contribution in [2.45, 2.75) is 38.6 Å². The van der Waals surface area contributed by atoms with Crippen LogP contribution in [0.5, 0.6) is 0 Å². The standard InChI is InChI=1S/C17H22FNO/c1-17(2,3)19-11-15(10-13-8-9-20-12-13)14-4-6-16(18)7-5-14/h4-9,12,15,19H,10-11H2,1-3H3. The van der Waals surface area contributed by atoms with E-state index in [0.717, 1.165) is 24.1 Å². The van der Waals surface area contributed by atoms with E-state index in [0.29, 0.717) is 5.92 Å². The highest BCUT2D eigenvalue weighted by Gasteiger charge is 2.17. The number of benzene rings is 1. The van der Waals surface area contributed by atoms with Crippen LogP contribution in [0.15, 0.2) is 47.3 Å². The van der Waals surface area contributed by atoms with E-state index in [9.17, 15) is 4.39 Å². The summed E-state index contributed by atoms with van der Waals surface area (Å²) in [5, 5.41) is 3.52. The molecule has 1 N–H and O–H groups in total. The molecule has 0 aliphatic heterocycles. The van der Waals surface area contributed by atoms with Crippen molar-refractivity contribution in [2.75, 3.05) is 6.54 Å². The molecule has 3 heteroatoms. The van der Waals surface area contributed by atoms with Gasteiger partial charge in [-0.1, -0.05) is 12.1 Å². The summed E-state index contributed by atoms with van der Waals surface area (Å²) >= 11 is 0. The lowest BCUT2D eigenvalue weighted by molar-refractivity contribution is 0.404. The molecule has 0 radical (unpaired) electrons. The van der Waals surface area contributed by atoms with Gasteiger partial charge in [0.2, 0.25) is 0 Å². The van der Waals surface area contributed by atoms with Crippen molar-refractivity contribution in [3.8, 4) is 0 Å². The quantitative estimate of drug-likeness (QED) is 0.887. The van der Waals surface area contributed by atoms with Crippen LogP contribution in [0.4, 0.5) is 4.39 Å². The van der Waals surface area contributed by atoms with E-state index in [1.165, 1.54) is 12.1 Å². The maximum atomic E-state index is 13.1. The SMILES string of the molecule is CC(C)(C)NCC(Cc1ccoc1)c1ccc(F)cc1.